The normalized spacial score (nSPS) is 12.8. The van der Waals surface area contributed by atoms with Crippen LogP contribution in [0.2, 0.25) is 0 Å². The Kier molecular flexibility index (Phi) is 8.20. The first-order valence-corrected chi connectivity index (χ1v) is 7.04. The van der Waals surface area contributed by atoms with Crippen molar-refractivity contribution in [3.05, 3.63) is 21.9 Å². The van der Waals surface area contributed by atoms with E-state index in [2.05, 4.69) is 19.1 Å². The number of aryl methyl sites for hydroxylation is 1. The van der Waals surface area contributed by atoms with Gasteiger partial charge in [0.2, 0.25) is 0 Å². The Hall–Kier alpha value is -0.460. The Morgan fingerprint density at radius 2 is 2.06 bits per heavy atom. The van der Waals surface area contributed by atoms with Gasteiger partial charge in [0.15, 0.2) is 0 Å². The molecular weight excluding hydrogens is 250 g/mol. The van der Waals surface area contributed by atoms with Crippen molar-refractivity contribution < 1.29 is 14.2 Å². The molecule has 5 heteroatoms. The second kappa shape index (κ2) is 9.47. The molecule has 0 aliphatic heterocycles. The first-order valence-electron chi connectivity index (χ1n) is 6.22. The summed E-state index contributed by atoms with van der Waals surface area (Å²) in [4.78, 5) is 2.47. The molecule has 1 rings (SSSR count). The minimum atomic E-state index is -0.00808. The van der Waals surface area contributed by atoms with Gasteiger partial charge in [-0.2, -0.15) is 0 Å². The van der Waals surface area contributed by atoms with E-state index in [0.717, 1.165) is 13.0 Å². The van der Waals surface area contributed by atoms with Crippen molar-refractivity contribution in [3.63, 3.8) is 0 Å². The number of hydrogen-bond acceptors (Lipinski definition) is 5. The first kappa shape index (κ1) is 15.6. The quantitative estimate of drug-likeness (QED) is 0.664. The van der Waals surface area contributed by atoms with Gasteiger partial charge in [-0.3, -0.25) is 0 Å². The Morgan fingerprint density at radius 1 is 1.22 bits per heavy atom. The van der Waals surface area contributed by atoms with Crippen molar-refractivity contribution in [1.82, 2.24) is 0 Å². The number of hydrogen-bond donors (Lipinski definition) is 1. The van der Waals surface area contributed by atoms with Crippen molar-refractivity contribution >= 4 is 11.3 Å². The summed E-state index contributed by atoms with van der Waals surface area (Å²) in [6.07, 6.45) is 0.910. The van der Waals surface area contributed by atoms with Gasteiger partial charge in [-0.05, 0) is 25.5 Å². The van der Waals surface area contributed by atoms with Crippen LogP contribution in [0.3, 0.4) is 0 Å². The highest BCUT2D eigenvalue weighted by molar-refractivity contribution is 7.12. The fourth-order valence-electron chi connectivity index (χ4n) is 1.55. The molecule has 2 N–H and O–H groups in total. The molecule has 0 saturated heterocycles. The third-order valence-electron chi connectivity index (χ3n) is 2.48. The van der Waals surface area contributed by atoms with Crippen LogP contribution in [0, 0.1) is 6.92 Å². The Balaban J connectivity index is 2.13. The second-order valence-corrected chi connectivity index (χ2v) is 5.32. The van der Waals surface area contributed by atoms with E-state index in [4.69, 9.17) is 19.9 Å². The number of nitrogens with two attached hydrogens (primary N) is 1. The molecule has 18 heavy (non-hydrogen) atoms. The summed E-state index contributed by atoms with van der Waals surface area (Å²) in [7, 11) is 1.69. The number of rotatable bonds is 10. The largest absolute Gasteiger partial charge is 0.385 e. The summed E-state index contributed by atoms with van der Waals surface area (Å²) in [5.41, 5.74) is 5.72. The lowest BCUT2D eigenvalue weighted by molar-refractivity contribution is 0.00520. The number of thiophene rings is 1. The highest BCUT2D eigenvalue weighted by Gasteiger charge is 2.11. The van der Waals surface area contributed by atoms with Crippen LogP contribution in [-0.2, 0) is 14.2 Å². The third kappa shape index (κ3) is 5.93. The van der Waals surface area contributed by atoms with Gasteiger partial charge in [-0.25, -0.2) is 0 Å². The molecule has 1 heterocycles. The summed E-state index contributed by atoms with van der Waals surface area (Å²) >= 11 is 1.73. The molecule has 0 radical (unpaired) electrons. The molecule has 0 aliphatic carbocycles. The summed E-state index contributed by atoms with van der Waals surface area (Å²) in [5.74, 6) is 0. The molecule has 0 aliphatic rings. The zero-order valence-electron chi connectivity index (χ0n) is 11.2. The highest BCUT2D eigenvalue weighted by Crippen LogP contribution is 2.24. The van der Waals surface area contributed by atoms with Crippen LogP contribution in [0.1, 0.15) is 22.3 Å². The molecule has 0 spiro atoms. The molecule has 104 valence electrons. The summed E-state index contributed by atoms with van der Waals surface area (Å²) in [5, 5.41) is 0. The minimum Gasteiger partial charge on any atom is -0.385 e. The van der Waals surface area contributed by atoms with E-state index in [1.807, 2.05) is 0 Å². The van der Waals surface area contributed by atoms with Crippen LogP contribution < -0.4 is 5.73 Å². The molecule has 4 nitrogen and oxygen atoms in total. The van der Waals surface area contributed by atoms with Crippen LogP contribution in [0.15, 0.2) is 12.1 Å². The molecule has 0 aromatic carbocycles. The zero-order chi connectivity index (χ0) is 13.2. The van der Waals surface area contributed by atoms with Gasteiger partial charge in [0.1, 0.15) is 6.10 Å². The van der Waals surface area contributed by atoms with Gasteiger partial charge in [-0.1, -0.05) is 0 Å². The van der Waals surface area contributed by atoms with Gasteiger partial charge in [0, 0.05) is 36.6 Å². The van der Waals surface area contributed by atoms with Crippen molar-refractivity contribution in [2.45, 2.75) is 19.4 Å². The molecule has 1 aromatic heterocycles. The lowest BCUT2D eigenvalue weighted by Gasteiger charge is -2.14. The van der Waals surface area contributed by atoms with Crippen molar-refractivity contribution in [2.75, 3.05) is 40.1 Å². The van der Waals surface area contributed by atoms with E-state index in [1.165, 1.54) is 9.75 Å². The minimum absolute atomic E-state index is 0.00808. The van der Waals surface area contributed by atoms with Gasteiger partial charge >= 0.3 is 0 Å². The fourth-order valence-corrected chi connectivity index (χ4v) is 2.49. The van der Waals surface area contributed by atoms with Crippen LogP contribution in [0.25, 0.3) is 0 Å². The standard InChI is InChI=1S/C13H23NO3S/c1-11-4-5-13(18-11)12(10-14)17-9-8-16-7-3-6-15-2/h4-5,12H,3,6-10,14H2,1-2H3. The molecular formula is C13H23NO3S. The summed E-state index contributed by atoms with van der Waals surface area (Å²) < 4.78 is 16.1. The van der Waals surface area contributed by atoms with Crippen LogP contribution >= 0.6 is 11.3 Å². The topological polar surface area (TPSA) is 53.7 Å². The lowest BCUT2D eigenvalue weighted by Crippen LogP contribution is -2.17. The number of methoxy groups -OCH3 is 1. The van der Waals surface area contributed by atoms with E-state index in [-0.39, 0.29) is 6.10 Å². The second-order valence-electron chi connectivity index (χ2n) is 4.00. The molecule has 1 unspecified atom stereocenters. The van der Waals surface area contributed by atoms with Gasteiger partial charge < -0.3 is 19.9 Å². The van der Waals surface area contributed by atoms with Gasteiger partial charge in [0.05, 0.1) is 13.2 Å². The van der Waals surface area contributed by atoms with E-state index < -0.39 is 0 Å². The summed E-state index contributed by atoms with van der Waals surface area (Å²) in [6.45, 7) is 5.21. The highest BCUT2D eigenvalue weighted by atomic mass is 32.1. The SMILES string of the molecule is COCCCOCCOC(CN)c1ccc(C)s1. The smallest absolute Gasteiger partial charge is 0.104 e. The molecule has 1 atom stereocenters. The van der Waals surface area contributed by atoms with E-state index in [0.29, 0.717) is 26.4 Å². The van der Waals surface area contributed by atoms with E-state index in [9.17, 15) is 0 Å². The maximum absolute atomic E-state index is 5.73. The van der Waals surface area contributed by atoms with E-state index in [1.54, 1.807) is 18.4 Å². The van der Waals surface area contributed by atoms with Crippen molar-refractivity contribution in [1.29, 1.82) is 0 Å². The van der Waals surface area contributed by atoms with Gasteiger partial charge in [-0.15, -0.1) is 11.3 Å². The Morgan fingerprint density at radius 3 is 2.67 bits per heavy atom. The summed E-state index contributed by atoms with van der Waals surface area (Å²) in [6, 6.07) is 4.17. The molecule has 0 fully saturated rings. The van der Waals surface area contributed by atoms with Crippen LogP contribution in [-0.4, -0.2) is 40.1 Å². The molecule has 0 bridgehead atoms. The lowest BCUT2D eigenvalue weighted by atomic mass is 10.3. The average Bonchev–Trinajstić information content (AvgIpc) is 2.79. The third-order valence-corrected chi connectivity index (χ3v) is 3.57. The molecule has 1 aromatic rings. The maximum atomic E-state index is 5.73. The van der Waals surface area contributed by atoms with Crippen molar-refractivity contribution in [3.8, 4) is 0 Å². The molecule has 0 saturated carbocycles. The maximum Gasteiger partial charge on any atom is 0.104 e. The van der Waals surface area contributed by atoms with Gasteiger partial charge in [0.25, 0.3) is 0 Å². The van der Waals surface area contributed by atoms with Crippen LogP contribution in [0.5, 0.6) is 0 Å². The van der Waals surface area contributed by atoms with E-state index >= 15 is 0 Å². The predicted octanol–water partition coefficient (Wildman–Crippen LogP) is 2.13. The number of ether oxygens (including phenoxy) is 3. The Bertz CT molecular complexity index is 317. The average molecular weight is 273 g/mol. The van der Waals surface area contributed by atoms with Crippen LogP contribution in [0.4, 0.5) is 0 Å². The Labute approximate surface area is 113 Å². The monoisotopic (exact) mass is 273 g/mol. The van der Waals surface area contributed by atoms with Crippen molar-refractivity contribution in [2.24, 2.45) is 5.73 Å². The molecule has 0 amide bonds. The fraction of sp³-hybridized carbons (Fsp3) is 0.692. The predicted molar refractivity (Wildman–Crippen MR) is 74.1 cm³/mol. The first-order chi connectivity index (χ1) is 8.77. The zero-order valence-corrected chi connectivity index (χ0v) is 12.0.